The summed E-state index contributed by atoms with van der Waals surface area (Å²) in [5.41, 5.74) is -1.04. The van der Waals surface area contributed by atoms with Crippen LogP contribution in [-0.4, -0.2) is 6.41 Å². The number of nitriles is 1. The molecule has 84 valence electrons. The number of nitrogens with one attached hydrogen (secondary N) is 1. The van der Waals surface area contributed by atoms with E-state index in [4.69, 9.17) is 5.26 Å². The lowest BCUT2D eigenvalue weighted by Gasteiger charge is -2.12. The summed E-state index contributed by atoms with van der Waals surface area (Å²) in [4.78, 5) is 10.0. The molecule has 0 unspecified atom stereocenters. The largest absolute Gasteiger partial charge is 0.416 e. The Kier molecular flexibility index (Phi) is 3.51. The predicted octanol–water partition coefficient (Wildman–Crippen LogP) is 1.82. The van der Waals surface area contributed by atoms with Crippen molar-refractivity contribution in [2.75, 3.05) is 0 Å². The summed E-state index contributed by atoms with van der Waals surface area (Å²) in [5.74, 6) is 0. The van der Waals surface area contributed by atoms with Gasteiger partial charge in [0.1, 0.15) is 0 Å². The van der Waals surface area contributed by atoms with Gasteiger partial charge in [-0.1, -0.05) is 6.07 Å². The van der Waals surface area contributed by atoms with Crippen LogP contribution in [0.4, 0.5) is 13.2 Å². The molecule has 1 rings (SSSR count). The molecule has 0 saturated carbocycles. The maximum absolute atomic E-state index is 12.6. The monoisotopic (exact) mass is 228 g/mol. The van der Waals surface area contributed by atoms with Gasteiger partial charge in [-0.25, -0.2) is 0 Å². The third kappa shape index (κ3) is 2.73. The van der Waals surface area contributed by atoms with E-state index in [2.05, 4.69) is 5.32 Å². The van der Waals surface area contributed by atoms with Crippen LogP contribution in [0, 0.1) is 11.3 Å². The van der Waals surface area contributed by atoms with Crippen molar-refractivity contribution in [2.24, 2.45) is 0 Å². The van der Waals surface area contributed by atoms with Crippen molar-refractivity contribution in [3.05, 3.63) is 34.9 Å². The number of hydrogen-bond donors (Lipinski definition) is 1. The van der Waals surface area contributed by atoms with Gasteiger partial charge in [0.05, 0.1) is 17.2 Å². The van der Waals surface area contributed by atoms with Crippen molar-refractivity contribution in [3.8, 4) is 6.07 Å². The first-order chi connectivity index (χ1) is 7.49. The first kappa shape index (κ1) is 12.0. The summed E-state index contributed by atoms with van der Waals surface area (Å²) in [6.07, 6.45) is -4.22. The number of hydrogen-bond acceptors (Lipinski definition) is 2. The highest BCUT2D eigenvalue weighted by molar-refractivity contribution is 5.47. The van der Waals surface area contributed by atoms with E-state index in [9.17, 15) is 18.0 Å². The minimum absolute atomic E-state index is 0.0674. The lowest BCUT2D eigenvalue weighted by Crippen LogP contribution is -2.16. The van der Waals surface area contributed by atoms with Crippen LogP contribution in [0.1, 0.15) is 16.7 Å². The molecule has 0 aliphatic heterocycles. The van der Waals surface area contributed by atoms with Gasteiger partial charge >= 0.3 is 6.18 Å². The number of alkyl halides is 3. The normalized spacial score (nSPS) is 10.6. The van der Waals surface area contributed by atoms with E-state index in [1.54, 1.807) is 6.07 Å². The Morgan fingerprint density at radius 3 is 2.62 bits per heavy atom. The number of amides is 1. The highest BCUT2D eigenvalue weighted by Crippen LogP contribution is 2.32. The van der Waals surface area contributed by atoms with Gasteiger partial charge in [-0.05, 0) is 17.7 Å². The molecular weight excluding hydrogens is 221 g/mol. The zero-order chi connectivity index (χ0) is 12.2. The first-order valence-electron chi connectivity index (χ1n) is 4.26. The average Bonchev–Trinajstić information content (AvgIpc) is 2.25. The fourth-order valence-corrected chi connectivity index (χ4v) is 1.22. The number of carbonyl (C=O) groups is 1. The molecule has 0 aromatic heterocycles. The Bertz CT molecular complexity index is 435. The zero-order valence-corrected chi connectivity index (χ0v) is 8.01. The molecule has 0 aliphatic carbocycles. The fourth-order valence-electron chi connectivity index (χ4n) is 1.22. The number of nitrogens with zero attached hydrogens (tertiary/aromatic N) is 1. The molecule has 0 radical (unpaired) electrons. The van der Waals surface area contributed by atoms with Crippen LogP contribution in [0.25, 0.3) is 0 Å². The third-order valence-corrected chi connectivity index (χ3v) is 1.92. The van der Waals surface area contributed by atoms with E-state index in [1.165, 1.54) is 12.1 Å². The van der Waals surface area contributed by atoms with Crippen molar-refractivity contribution in [3.63, 3.8) is 0 Å². The van der Waals surface area contributed by atoms with Gasteiger partial charge in [0, 0.05) is 6.54 Å². The van der Waals surface area contributed by atoms with Crippen LogP contribution in [-0.2, 0) is 17.5 Å². The standard InChI is InChI=1S/C10H7F3N2O/c11-10(12,13)9-3-7(4-14)1-2-8(9)5-15-6-16/h1-3,6H,5H2,(H,15,16). The molecule has 1 aromatic rings. The maximum atomic E-state index is 12.6. The smallest absolute Gasteiger partial charge is 0.355 e. The Balaban J connectivity index is 3.17. The summed E-state index contributed by atoms with van der Waals surface area (Å²) in [7, 11) is 0. The number of benzene rings is 1. The van der Waals surface area contributed by atoms with Crippen LogP contribution in [0.3, 0.4) is 0 Å². The third-order valence-electron chi connectivity index (χ3n) is 1.92. The molecule has 0 bridgehead atoms. The molecule has 3 nitrogen and oxygen atoms in total. The Hall–Kier alpha value is -2.03. The van der Waals surface area contributed by atoms with E-state index in [-0.39, 0.29) is 17.7 Å². The summed E-state index contributed by atoms with van der Waals surface area (Å²) in [5, 5.41) is 10.7. The molecule has 6 heteroatoms. The predicted molar refractivity (Wildman–Crippen MR) is 49.1 cm³/mol. The van der Waals surface area contributed by atoms with Crippen LogP contribution >= 0.6 is 0 Å². The number of carbonyl (C=O) groups excluding carboxylic acids is 1. The highest BCUT2D eigenvalue weighted by Gasteiger charge is 2.33. The van der Waals surface area contributed by atoms with Crippen molar-refractivity contribution in [1.82, 2.24) is 5.32 Å². The summed E-state index contributed by atoms with van der Waals surface area (Å²) >= 11 is 0. The summed E-state index contributed by atoms with van der Waals surface area (Å²) < 4.78 is 37.7. The molecule has 0 atom stereocenters. The lowest BCUT2D eigenvalue weighted by atomic mass is 10.0. The van der Waals surface area contributed by atoms with Crippen molar-refractivity contribution in [1.29, 1.82) is 5.26 Å². The molecular formula is C10H7F3N2O. The topological polar surface area (TPSA) is 52.9 Å². The SMILES string of the molecule is N#Cc1ccc(CNC=O)c(C(F)(F)F)c1. The van der Waals surface area contributed by atoms with Crippen molar-refractivity contribution in [2.45, 2.75) is 12.7 Å². The van der Waals surface area contributed by atoms with Crippen molar-refractivity contribution >= 4 is 6.41 Å². The zero-order valence-electron chi connectivity index (χ0n) is 8.01. The van der Waals surface area contributed by atoms with Crippen LogP contribution in [0.15, 0.2) is 18.2 Å². The molecule has 16 heavy (non-hydrogen) atoms. The van der Waals surface area contributed by atoms with Gasteiger partial charge in [-0.2, -0.15) is 18.4 Å². The van der Waals surface area contributed by atoms with Gasteiger partial charge in [0.2, 0.25) is 6.41 Å². The molecule has 0 aliphatic rings. The van der Waals surface area contributed by atoms with Crippen LogP contribution in [0.2, 0.25) is 0 Å². The van der Waals surface area contributed by atoms with Crippen LogP contribution < -0.4 is 5.32 Å². The van der Waals surface area contributed by atoms with E-state index < -0.39 is 11.7 Å². The Morgan fingerprint density at radius 1 is 1.44 bits per heavy atom. The van der Waals surface area contributed by atoms with Crippen LogP contribution in [0.5, 0.6) is 0 Å². The first-order valence-corrected chi connectivity index (χ1v) is 4.26. The lowest BCUT2D eigenvalue weighted by molar-refractivity contribution is -0.138. The average molecular weight is 228 g/mol. The molecule has 0 fully saturated rings. The molecule has 1 N–H and O–H groups in total. The summed E-state index contributed by atoms with van der Waals surface area (Å²) in [6, 6.07) is 4.85. The van der Waals surface area contributed by atoms with Gasteiger partial charge in [0.25, 0.3) is 0 Å². The second-order valence-electron chi connectivity index (χ2n) is 2.98. The minimum Gasteiger partial charge on any atom is -0.355 e. The minimum atomic E-state index is -4.53. The molecule has 0 heterocycles. The second-order valence-corrected chi connectivity index (χ2v) is 2.98. The van der Waals surface area contributed by atoms with Gasteiger partial charge in [0.15, 0.2) is 0 Å². The van der Waals surface area contributed by atoms with Gasteiger partial charge < -0.3 is 5.32 Å². The maximum Gasteiger partial charge on any atom is 0.416 e. The number of halogens is 3. The Morgan fingerprint density at radius 2 is 2.12 bits per heavy atom. The quantitative estimate of drug-likeness (QED) is 0.802. The second kappa shape index (κ2) is 4.66. The van der Waals surface area contributed by atoms with E-state index in [1.807, 2.05) is 0 Å². The molecule has 0 saturated heterocycles. The van der Waals surface area contributed by atoms with Gasteiger partial charge in [-0.15, -0.1) is 0 Å². The van der Waals surface area contributed by atoms with E-state index >= 15 is 0 Å². The summed E-state index contributed by atoms with van der Waals surface area (Å²) in [6.45, 7) is -0.218. The fraction of sp³-hybridized carbons (Fsp3) is 0.200. The van der Waals surface area contributed by atoms with Crippen molar-refractivity contribution < 1.29 is 18.0 Å². The molecule has 1 aromatic carbocycles. The molecule has 0 spiro atoms. The molecule has 1 amide bonds. The van der Waals surface area contributed by atoms with E-state index in [0.29, 0.717) is 6.41 Å². The Labute approximate surface area is 89.5 Å². The highest BCUT2D eigenvalue weighted by atomic mass is 19.4. The van der Waals surface area contributed by atoms with Gasteiger partial charge in [-0.3, -0.25) is 4.79 Å². The number of rotatable bonds is 3. The van der Waals surface area contributed by atoms with E-state index in [0.717, 1.165) is 6.07 Å².